The van der Waals surface area contributed by atoms with Gasteiger partial charge in [0.2, 0.25) is 0 Å². The molecule has 1 unspecified atom stereocenters. The molecule has 4 rings (SSSR count). The Hall–Kier alpha value is -3.29. The highest BCUT2D eigenvalue weighted by molar-refractivity contribution is 5.66. The number of pyridine rings is 1. The van der Waals surface area contributed by atoms with Gasteiger partial charge in [-0.25, -0.2) is 0 Å². The van der Waals surface area contributed by atoms with Crippen molar-refractivity contribution in [3.63, 3.8) is 0 Å². The summed E-state index contributed by atoms with van der Waals surface area (Å²) in [6, 6.07) is 16.3. The molecular weight excluding hydrogens is 430 g/mol. The molecular formula is C27H33N3O4. The second-order valence-electron chi connectivity index (χ2n) is 8.71. The fourth-order valence-corrected chi connectivity index (χ4v) is 4.17. The summed E-state index contributed by atoms with van der Waals surface area (Å²) in [5.41, 5.74) is 4.75. The Balaban J connectivity index is 1.47. The summed E-state index contributed by atoms with van der Waals surface area (Å²) in [4.78, 5) is 6.32. The monoisotopic (exact) mass is 463 g/mol. The van der Waals surface area contributed by atoms with E-state index in [-0.39, 0.29) is 12.0 Å². The summed E-state index contributed by atoms with van der Waals surface area (Å²) in [5, 5.41) is 13.6. The van der Waals surface area contributed by atoms with Gasteiger partial charge in [0.1, 0.15) is 11.5 Å². The van der Waals surface area contributed by atoms with E-state index >= 15 is 0 Å². The normalized spacial score (nSPS) is 15.9. The van der Waals surface area contributed by atoms with Crippen molar-refractivity contribution in [3.05, 3.63) is 72.1 Å². The van der Waals surface area contributed by atoms with Crippen LogP contribution in [0, 0.1) is 0 Å². The van der Waals surface area contributed by atoms with Gasteiger partial charge < -0.3 is 29.5 Å². The molecule has 0 bridgehead atoms. The number of methoxy groups -OCH3 is 1. The molecule has 34 heavy (non-hydrogen) atoms. The Morgan fingerprint density at radius 3 is 2.65 bits per heavy atom. The second kappa shape index (κ2) is 10.8. The molecule has 7 heteroatoms. The average molecular weight is 464 g/mol. The van der Waals surface area contributed by atoms with E-state index in [1.54, 1.807) is 18.5 Å². The van der Waals surface area contributed by atoms with E-state index in [0.717, 1.165) is 35.0 Å². The minimum Gasteiger partial charge on any atom is -0.493 e. The maximum atomic E-state index is 10.1. The SMILES string of the molecule is COC(O)c1ccncc1NC[C@@H]1CCOc2cc(N(C)c3ccc(OC(C)C)cc3)ccc21. The van der Waals surface area contributed by atoms with Crippen LogP contribution < -0.4 is 19.7 Å². The van der Waals surface area contributed by atoms with Gasteiger partial charge in [0.15, 0.2) is 6.29 Å². The van der Waals surface area contributed by atoms with Gasteiger partial charge in [-0.2, -0.15) is 0 Å². The molecule has 0 fully saturated rings. The van der Waals surface area contributed by atoms with Crippen LogP contribution in [0.3, 0.4) is 0 Å². The van der Waals surface area contributed by atoms with E-state index < -0.39 is 6.29 Å². The molecule has 1 aromatic heterocycles. The van der Waals surface area contributed by atoms with Crippen molar-refractivity contribution in [2.24, 2.45) is 0 Å². The van der Waals surface area contributed by atoms with Gasteiger partial charge in [0, 0.05) is 55.8 Å². The number of ether oxygens (including phenoxy) is 3. The Labute approximate surface area is 201 Å². The first-order chi connectivity index (χ1) is 16.5. The molecule has 2 atom stereocenters. The third-order valence-electron chi connectivity index (χ3n) is 6.03. The molecule has 0 radical (unpaired) electrons. The highest BCUT2D eigenvalue weighted by atomic mass is 16.6. The van der Waals surface area contributed by atoms with E-state index in [2.05, 4.69) is 45.5 Å². The molecule has 1 aliphatic rings. The topological polar surface area (TPSA) is 76.1 Å². The maximum absolute atomic E-state index is 10.1. The number of nitrogens with zero attached hydrogens (tertiary/aromatic N) is 2. The highest BCUT2D eigenvalue weighted by Gasteiger charge is 2.23. The largest absolute Gasteiger partial charge is 0.493 e. The van der Waals surface area contributed by atoms with Gasteiger partial charge in [0.05, 0.1) is 24.6 Å². The molecule has 0 spiro atoms. The van der Waals surface area contributed by atoms with Crippen LogP contribution in [0.25, 0.3) is 0 Å². The molecule has 0 saturated carbocycles. The number of hydrogen-bond donors (Lipinski definition) is 2. The zero-order chi connectivity index (χ0) is 24.1. The molecule has 2 aromatic carbocycles. The third kappa shape index (κ3) is 5.43. The summed E-state index contributed by atoms with van der Waals surface area (Å²) < 4.78 is 16.9. The molecule has 7 nitrogen and oxygen atoms in total. The molecule has 0 aliphatic carbocycles. The van der Waals surface area contributed by atoms with Crippen molar-refractivity contribution < 1.29 is 19.3 Å². The highest BCUT2D eigenvalue weighted by Crippen LogP contribution is 2.38. The van der Waals surface area contributed by atoms with E-state index in [9.17, 15) is 5.11 Å². The summed E-state index contributed by atoms with van der Waals surface area (Å²) in [5.74, 6) is 2.06. The summed E-state index contributed by atoms with van der Waals surface area (Å²) in [6.45, 7) is 5.41. The van der Waals surface area contributed by atoms with Gasteiger partial charge in [-0.15, -0.1) is 0 Å². The lowest BCUT2D eigenvalue weighted by molar-refractivity contribution is -0.0764. The zero-order valence-electron chi connectivity index (χ0n) is 20.2. The minimum absolute atomic E-state index is 0.151. The van der Waals surface area contributed by atoms with Crippen molar-refractivity contribution >= 4 is 17.1 Å². The lowest BCUT2D eigenvalue weighted by Crippen LogP contribution is -2.22. The standard InChI is InChI=1S/C27H33N3O4/c1-18(2)34-22-8-5-20(6-9-22)30(3)21-7-10-23-19(12-14-33-26(23)15-21)16-29-25-17-28-13-11-24(25)27(31)32-4/h5-11,13,15,17-19,27,29,31H,12,14,16H2,1-4H3/t19-,27?/m0/s1. The lowest BCUT2D eigenvalue weighted by atomic mass is 9.92. The molecule has 3 aromatic rings. The number of rotatable bonds is 9. The van der Waals surface area contributed by atoms with Gasteiger partial charge in [0.25, 0.3) is 0 Å². The molecule has 0 amide bonds. The Morgan fingerprint density at radius 2 is 1.91 bits per heavy atom. The van der Waals surface area contributed by atoms with Crippen LogP contribution in [0.5, 0.6) is 11.5 Å². The number of fused-ring (bicyclic) bond motifs is 1. The number of anilines is 3. The Bertz CT molecular complexity index is 1090. The third-order valence-corrected chi connectivity index (χ3v) is 6.03. The van der Waals surface area contributed by atoms with Crippen molar-refractivity contribution in [3.8, 4) is 11.5 Å². The summed E-state index contributed by atoms with van der Waals surface area (Å²) in [7, 11) is 3.53. The van der Waals surface area contributed by atoms with E-state index in [1.807, 2.05) is 33.0 Å². The molecule has 1 aliphatic heterocycles. The maximum Gasteiger partial charge on any atom is 0.182 e. The quantitative estimate of drug-likeness (QED) is 0.420. The summed E-state index contributed by atoms with van der Waals surface area (Å²) in [6.07, 6.45) is 3.44. The van der Waals surface area contributed by atoms with Gasteiger partial charge in [-0.05, 0) is 62.2 Å². The van der Waals surface area contributed by atoms with Gasteiger partial charge >= 0.3 is 0 Å². The smallest absolute Gasteiger partial charge is 0.182 e. The number of aliphatic hydroxyl groups is 1. The van der Waals surface area contributed by atoms with E-state index in [1.165, 1.54) is 12.7 Å². The van der Waals surface area contributed by atoms with Gasteiger partial charge in [-0.1, -0.05) is 6.07 Å². The minimum atomic E-state index is -0.989. The predicted octanol–water partition coefficient (Wildman–Crippen LogP) is 5.25. The molecule has 180 valence electrons. The first-order valence-electron chi connectivity index (χ1n) is 11.6. The lowest BCUT2D eigenvalue weighted by Gasteiger charge is -2.29. The van der Waals surface area contributed by atoms with E-state index in [4.69, 9.17) is 14.2 Å². The van der Waals surface area contributed by atoms with Gasteiger partial charge in [-0.3, -0.25) is 4.98 Å². The number of nitrogens with one attached hydrogen (secondary N) is 1. The molecule has 2 N–H and O–H groups in total. The van der Waals surface area contributed by atoms with Crippen LogP contribution in [0.15, 0.2) is 60.9 Å². The number of aromatic nitrogens is 1. The van der Waals surface area contributed by atoms with Crippen LogP contribution in [-0.4, -0.2) is 43.5 Å². The van der Waals surface area contributed by atoms with Crippen LogP contribution in [0.1, 0.15) is 43.6 Å². The van der Waals surface area contributed by atoms with Crippen molar-refractivity contribution in [2.45, 2.75) is 38.6 Å². The fraction of sp³-hybridized carbons (Fsp3) is 0.370. The average Bonchev–Trinajstić information content (AvgIpc) is 2.86. The second-order valence-corrected chi connectivity index (χ2v) is 8.71. The van der Waals surface area contributed by atoms with Crippen molar-refractivity contribution in [2.75, 3.05) is 37.5 Å². The van der Waals surface area contributed by atoms with E-state index in [0.29, 0.717) is 18.7 Å². The van der Waals surface area contributed by atoms with Crippen molar-refractivity contribution in [1.82, 2.24) is 4.98 Å². The van der Waals surface area contributed by atoms with Crippen LogP contribution in [0.4, 0.5) is 17.1 Å². The first-order valence-corrected chi connectivity index (χ1v) is 11.6. The number of hydrogen-bond acceptors (Lipinski definition) is 7. The zero-order valence-corrected chi connectivity index (χ0v) is 20.2. The van der Waals surface area contributed by atoms with Crippen LogP contribution in [-0.2, 0) is 4.74 Å². The molecule has 0 saturated heterocycles. The van der Waals surface area contributed by atoms with Crippen LogP contribution >= 0.6 is 0 Å². The first kappa shape index (κ1) is 23.9. The Morgan fingerprint density at radius 1 is 1.15 bits per heavy atom. The number of benzene rings is 2. The fourth-order valence-electron chi connectivity index (χ4n) is 4.17. The number of aliphatic hydroxyl groups excluding tert-OH is 1. The Kier molecular flexibility index (Phi) is 7.55. The predicted molar refractivity (Wildman–Crippen MR) is 134 cm³/mol. The summed E-state index contributed by atoms with van der Waals surface area (Å²) >= 11 is 0. The van der Waals surface area contributed by atoms with Crippen LogP contribution in [0.2, 0.25) is 0 Å². The molecule has 2 heterocycles. The van der Waals surface area contributed by atoms with Crippen molar-refractivity contribution in [1.29, 1.82) is 0 Å².